The van der Waals surface area contributed by atoms with E-state index < -0.39 is 5.97 Å². The van der Waals surface area contributed by atoms with Crippen molar-refractivity contribution in [3.8, 4) is 0 Å². The quantitative estimate of drug-likeness (QED) is 0.878. The molecule has 2 atom stereocenters. The fourth-order valence-corrected chi connectivity index (χ4v) is 2.59. The minimum absolute atomic E-state index is 0.322. The number of nitrogens with zero attached hydrogens (tertiary/aromatic N) is 3. The zero-order valence-corrected chi connectivity index (χ0v) is 11.0. The van der Waals surface area contributed by atoms with Crippen LogP contribution in [0.4, 0.5) is 0 Å². The van der Waals surface area contributed by atoms with Crippen LogP contribution in [0.15, 0.2) is 12.4 Å². The highest BCUT2D eigenvalue weighted by molar-refractivity contribution is 5.73. The number of carboxylic acids is 1. The molecule has 0 amide bonds. The Morgan fingerprint density at radius 1 is 1.56 bits per heavy atom. The molecule has 0 spiro atoms. The van der Waals surface area contributed by atoms with Crippen molar-refractivity contribution in [2.75, 3.05) is 13.1 Å². The molecule has 5 nitrogen and oxygen atoms in total. The molecular weight excluding hydrogens is 230 g/mol. The van der Waals surface area contributed by atoms with Gasteiger partial charge in [0, 0.05) is 25.5 Å². The summed E-state index contributed by atoms with van der Waals surface area (Å²) in [5.41, 5.74) is 0. The summed E-state index contributed by atoms with van der Waals surface area (Å²) < 4.78 is 2.07. The van der Waals surface area contributed by atoms with E-state index in [4.69, 9.17) is 0 Å². The number of piperidine rings is 1. The molecule has 2 heterocycles. The molecule has 1 aromatic heterocycles. The molecule has 0 aliphatic carbocycles. The van der Waals surface area contributed by atoms with Gasteiger partial charge in [-0.15, -0.1) is 0 Å². The summed E-state index contributed by atoms with van der Waals surface area (Å²) in [6.45, 7) is 6.57. The van der Waals surface area contributed by atoms with Crippen LogP contribution in [0.2, 0.25) is 0 Å². The molecule has 1 aliphatic heterocycles. The van der Waals surface area contributed by atoms with E-state index in [1.54, 1.807) is 6.20 Å². The van der Waals surface area contributed by atoms with E-state index >= 15 is 0 Å². The van der Waals surface area contributed by atoms with Gasteiger partial charge in [-0.25, -0.2) is 4.98 Å². The van der Waals surface area contributed by atoms with E-state index in [0.717, 1.165) is 38.3 Å². The van der Waals surface area contributed by atoms with Gasteiger partial charge in [0.2, 0.25) is 0 Å². The highest BCUT2D eigenvalue weighted by Crippen LogP contribution is 2.22. The van der Waals surface area contributed by atoms with E-state index in [-0.39, 0.29) is 6.04 Å². The first-order valence-corrected chi connectivity index (χ1v) is 6.52. The molecule has 1 N–H and O–H groups in total. The largest absolute Gasteiger partial charge is 0.480 e. The minimum atomic E-state index is -0.691. The van der Waals surface area contributed by atoms with Crippen LogP contribution >= 0.6 is 0 Å². The fourth-order valence-electron chi connectivity index (χ4n) is 2.59. The number of likely N-dealkylation sites (tertiary alicyclic amines) is 1. The molecule has 0 aromatic carbocycles. The van der Waals surface area contributed by atoms with Crippen molar-refractivity contribution < 1.29 is 9.90 Å². The number of hydrogen-bond acceptors (Lipinski definition) is 3. The lowest BCUT2D eigenvalue weighted by molar-refractivity contribution is -0.145. The number of hydrogen-bond donors (Lipinski definition) is 1. The standard InChI is InChI=1S/C13H21N3O2/c1-10-3-5-16(12(9-10)13(17)18)8-7-15-6-4-14-11(15)2/h4,6,10,12H,3,5,7-9H2,1-2H3,(H,17,18). The van der Waals surface area contributed by atoms with Crippen molar-refractivity contribution in [2.45, 2.75) is 39.3 Å². The van der Waals surface area contributed by atoms with Gasteiger partial charge in [0.05, 0.1) is 0 Å². The Hall–Kier alpha value is -1.36. The van der Waals surface area contributed by atoms with Crippen LogP contribution in [0.3, 0.4) is 0 Å². The van der Waals surface area contributed by atoms with Gasteiger partial charge in [0.25, 0.3) is 0 Å². The summed E-state index contributed by atoms with van der Waals surface area (Å²) in [6.07, 6.45) is 5.57. The predicted molar refractivity (Wildman–Crippen MR) is 68.4 cm³/mol. The molecular formula is C13H21N3O2. The number of imidazole rings is 1. The van der Waals surface area contributed by atoms with Crippen molar-refractivity contribution in [3.63, 3.8) is 0 Å². The zero-order valence-electron chi connectivity index (χ0n) is 11.0. The average Bonchev–Trinajstić information content (AvgIpc) is 2.73. The molecule has 2 rings (SSSR count). The van der Waals surface area contributed by atoms with Crippen LogP contribution in [0.5, 0.6) is 0 Å². The lowest BCUT2D eigenvalue weighted by Gasteiger charge is -2.36. The summed E-state index contributed by atoms with van der Waals surface area (Å²) >= 11 is 0. The second kappa shape index (κ2) is 5.52. The van der Waals surface area contributed by atoms with Gasteiger partial charge < -0.3 is 9.67 Å². The number of aryl methyl sites for hydroxylation is 1. The molecule has 0 bridgehead atoms. The van der Waals surface area contributed by atoms with Crippen LogP contribution in [0.25, 0.3) is 0 Å². The highest BCUT2D eigenvalue weighted by atomic mass is 16.4. The molecule has 0 radical (unpaired) electrons. The summed E-state index contributed by atoms with van der Waals surface area (Å²) in [7, 11) is 0. The second-order valence-corrected chi connectivity index (χ2v) is 5.19. The Kier molecular flexibility index (Phi) is 4.01. The molecule has 1 saturated heterocycles. The Morgan fingerprint density at radius 3 is 2.94 bits per heavy atom. The fraction of sp³-hybridized carbons (Fsp3) is 0.692. The maximum Gasteiger partial charge on any atom is 0.320 e. The minimum Gasteiger partial charge on any atom is -0.480 e. The molecule has 5 heteroatoms. The van der Waals surface area contributed by atoms with Gasteiger partial charge in [-0.05, 0) is 32.2 Å². The second-order valence-electron chi connectivity index (χ2n) is 5.19. The van der Waals surface area contributed by atoms with E-state index in [1.807, 2.05) is 13.1 Å². The molecule has 0 saturated carbocycles. The number of carbonyl (C=O) groups is 1. The SMILES string of the molecule is Cc1nccn1CCN1CCC(C)CC1C(=O)O. The lowest BCUT2D eigenvalue weighted by Crippen LogP contribution is -2.47. The van der Waals surface area contributed by atoms with E-state index in [1.165, 1.54) is 0 Å². The Bertz CT molecular complexity index is 416. The third-order valence-corrected chi connectivity index (χ3v) is 3.81. The first-order chi connectivity index (χ1) is 8.58. The van der Waals surface area contributed by atoms with Gasteiger partial charge in [0.1, 0.15) is 11.9 Å². The van der Waals surface area contributed by atoms with Crippen molar-refractivity contribution >= 4 is 5.97 Å². The maximum absolute atomic E-state index is 11.3. The van der Waals surface area contributed by atoms with Crippen molar-refractivity contribution in [2.24, 2.45) is 5.92 Å². The third kappa shape index (κ3) is 2.90. The molecule has 1 fully saturated rings. The van der Waals surface area contributed by atoms with Gasteiger partial charge >= 0.3 is 5.97 Å². The Labute approximate surface area is 107 Å². The van der Waals surface area contributed by atoms with Gasteiger partial charge in [0.15, 0.2) is 0 Å². The van der Waals surface area contributed by atoms with E-state index in [2.05, 4.69) is 21.4 Å². The lowest BCUT2D eigenvalue weighted by atomic mass is 9.92. The first-order valence-electron chi connectivity index (χ1n) is 6.52. The Morgan fingerprint density at radius 2 is 2.33 bits per heavy atom. The molecule has 1 aliphatic rings. The Balaban J connectivity index is 1.95. The zero-order chi connectivity index (χ0) is 13.1. The van der Waals surface area contributed by atoms with Gasteiger partial charge in [-0.1, -0.05) is 6.92 Å². The van der Waals surface area contributed by atoms with E-state index in [9.17, 15) is 9.90 Å². The van der Waals surface area contributed by atoms with Crippen molar-refractivity contribution in [1.82, 2.24) is 14.5 Å². The average molecular weight is 251 g/mol. The summed E-state index contributed by atoms with van der Waals surface area (Å²) in [4.78, 5) is 17.5. The van der Waals surface area contributed by atoms with Crippen LogP contribution in [-0.4, -0.2) is 44.7 Å². The van der Waals surface area contributed by atoms with Crippen LogP contribution < -0.4 is 0 Å². The number of rotatable bonds is 4. The van der Waals surface area contributed by atoms with Crippen LogP contribution in [0, 0.1) is 12.8 Å². The molecule has 100 valence electrons. The number of aliphatic carboxylic acids is 1. The third-order valence-electron chi connectivity index (χ3n) is 3.81. The highest BCUT2D eigenvalue weighted by Gasteiger charge is 2.31. The van der Waals surface area contributed by atoms with Crippen molar-refractivity contribution in [1.29, 1.82) is 0 Å². The van der Waals surface area contributed by atoms with Crippen molar-refractivity contribution in [3.05, 3.63) is 18.2 Å². The monoisotopic (exact) mass is 251 g/mol. The van der Waals surface area contributed by atoms with Gasteiger partial charge in [-0.2, -0.15) is 0 Å². The number of aromatic nitrogens is 2. The molecule has 18 heavy (non-hydrogen) atoms. The molecule has 2 unspecified atom stereocenters. The normalized spacial score (nSPS) is 25.2. The topological polar surface area (TPSA) is 58.4 Å². The smallest absolute Gasteiger partial charge is 0.320 e. The predicted octanol–water partition coefficient (Wildman–Crippen LogP) is 1.38. The first kappa shape index (κ1) is 13.1. The summed E-state index contributed by atoms with van der Waals surface area (Å²) in [6, 6.07) is -0.322. The van der Waals surface area contributed by atoms with Crippen LogP contribution in [0.1, 0.15) is 25.6 Å². The molecule has 1 aromatic rings. The van der Waals surface area contributed by atoms with E-state index in [0.29, 0.717) is 5.92 Å². The van der Waals surface area contributed by atoms with Crippen LogP contribution in [-0.2, 0) is 11.3 Å². The number of carboxylic acid groups (broad SMARTS) is 1. The summed E-state index contributed by atoms with van der Waals surface area (Å²) in [5, 5.41) is 9.28. The van der Waals surface area contributed by atoms with Gasteiger partial charge in [-0.3, -0.25) is 9.69 Å². The maximum atomic E-state index is 11.3. The summed E-state index contributed by atoms with van der Waals surface area (Å²) in [5.74, 6) is 0.800.